The van der Waals surface area contributed by atoms with Crippen LogP contribution in [0.15, 0.2) is 60.8 Å². The molecule has 7 heteroatoms. The Kier molecular flexibility index (Phi) is 38.0. The molecule has 2 atom stereocenters. The molecular formula is C46H80N2O5. The van der Waals surface area contributed by atoms with Crippen LogP contribution in [0.1, 0.15) is 194 Å². The van der Waals surface area contributed by atoms with Gasteiger partial charge in [-0.3, -0.25) is 9.59 Å². The maximum absolute atomic E-state index is 12.7. The zero-order valence-corrected chi connectivity index (χ0v) is 34.1. The molecule has 0 saturated carbocycles. The van der Waals surface area contributed by atoms with Crippen LogP contribution in [0.3, 0.4) is 0 Å². The Hall–Kier alpha value is -2.93. The van der Waals surface area contributed by atoms with Crippen LogP contribution in [0.5, 0.6) is 0 Å². The largest absolute Gasteiger partial charge is 0.480 e. The van der Waals surface area contributed by atoms with E-state index >= 15 is 0 Å². The van der Waals surface area contributed by atoms with Gasteiger partial charge in [-0.25, -0.2) is 4.79 Å². The Balaban J connectivity index is 4.40. The van der Waals surface area contributed by atoms with Gasteiger partial charge in [-0.05, 0) is 103 Å². The minimum Gasteiger partial charge on any atom is -0.480 e. The number of aliphatic carboxylic acids is 1. The molecule has 7 nitrogen and oxygen atoms in total. The first-order valence-corrected chi connectivity index (χ1v) is 21.6. The summed E-state index contributed by atoms with van der Waals surface area (Å²) in [6, 6.07) is -0.894. The summed E-state index contributed by atoms with van der Waals surface area (Å²) < 4.78 is 5.89. The van der Waals surface area contributed by atoms with E-state index in [0.717, 1.165) is 57.8 Å². The molecule has 0 heterocycles. The fourth-order valence-electron chi connectivity index (χ4n) is 6.06. The molecule has 0 spiro atoms. The number of carbonyl (C=O) groups excluding carboxylic acids is 2. The number of carboxylic acids is 1. The van der Waals surface area contributed by atoms with Crippen LogP contribution in [0.25, 0.3) is 0 Å². The van der Waals surface area contributed by atoms with Crippen molar-refractivity contribution in [2.45, 2.75) is 206 Å². The Labute approximate surface area is 325 Å². The number of ether oxygens (including phenoxy) is 1. The Morgan fingerprint density at radius 1 is 0.585 bits per heavy atom. The molecule has 0 aliphatic heterocycles. The summed E-state index contributed by atoms with van der Waals surface area (Å²) in [6.07, 6.45) is 49.9. The molecule has 0 aromatic heterocycles. The second-order valence-corrected chi connectivity index (χ2v) is 14.4. The van der Waals surface area contributed by atoms with Crippen molar-refractivity contribution in [1.29, 1.82) is 0 Å². The molecule has 1 amide bonds. The Bertz CT molecular complexity index is 1020. The lowest BCUT2D eigenvalue weighted by Gasteiger charge is -2.15. The van der Waals surface area contributed by atoms with Crippen molar-refractivity contribution in [2.75, 3.05) is 6.54 Å². The maximum Gasteiger partial charge on any atom is 0.326 e. The van der Waals surface area contributed by atoms with Gasteiger partial charge in [0.05, 0.1) is 0 Å². The lowest BCUT2D eigenvalue weighted by molar-refractivity contribution is -0.147. The number of carboxylic acid groups (broad SMARTS) is 1. The first-order chi connectivity index (χ1) is 25.9. The minimum absolute atomic E-state index is 0.141. The van der Waals surface area contributed by atoms with E-state index in [2.05, 4.69) is 73.8 Å². The van der Waals surface area contributed by atoms with Crippen LogP contribution < -0.4 is 11.1 Å². The zero-order chi connectivity index (χ0) is 38.9. The molecule has 0 rings (SSSR count). The van der Waals surface area contributed by atoms with E-state index in [1.807, 2.05) is 6.08 Å². The van der Waals surface area contributed by atoms with Gasteiger partial charge in [0.15, 0.2) is 0 Å². The van der Waals surface area contributed by atoms with E-state index in [4.69, 9.17) is 10.5 Å². The highest BCUT2D eigenvalue weighted by Crippen LogP contribution is 2.15. The Morgan fingerprint density at radius 2 is 1.09 bits per heavy atom. The van der Waals surface area contributed by atoms with Gasteiger partial charge < -0.3 is 20.9 Å². The first kappa shape index (κ1) is 50.1. The van der Waals surface area contributed by atoms with Crippen molar-refractivity contribution in [3.05, 3.63) is 60.8 Å². The van der Waals surface area contributed by atoms with Crippen molar-refractivity contribution in [3.63, 3.8) is 0 Å². The number of nitrogens with two attached hydrogens (primary N) is 1. The van der Waals surface area contributed by atoms with E-state index in [0.29, 0.717) is 38.6 Å². The highest BCUT2D eigenvalue weighted by molar-refractivity contribution is 5.83. The van der Waals surface area contributed by atoms with Gasteiger partial charge in [0.25, 0.3) is 0 Å². The lowest BCUT2D eigenvalue weighted by Crippen LogP contribution is -2.40. The lowest BCUT2D eigenvalue weighted by atomic mass is 10.1. The van der Waals surface area contributed by atoms with Crippen LogP contribution in [0.4, 0.5) is 0 Å². The van der Waals surface area contributed by atoms with Crippen molar-refractivity contribution in [2.24, 2.45) is 5.73 Å². The highest BCUT2D eigenvalue weighted by Gasteiger charge is 2.19. The summed E-state index contributed by atoms with van der Waals surface area (Å²) >= 11 is 0. The number of allylic oxidation sites excluding steroid dienone is 9. The molecule has 0 aromatic carbocycles. The van der Waals surface area contributed by atoms with E-state index < -0.39 is 12.0 Å². The predicted octanol–water partition coefficient (Wildman–Crippen LogP) is 12.2. The van der Waals surface area contributed by atoms with Gasteiger partial charge in [0.1, 0.15) is 12.1 Å². The predicted molar refractivity (Wildman–Crippen MR) is 225 cm³/mol. The molecule has 0 radical (unpaired) electrons. The fourth-order valence-corrected chi connectivity index (χ4v) is 6.06. The molecule has 0 aliphatic carbocycles. The van der Waals surface area contributed by atoms with Crippen molar-refractivity contribution >= 4 is 17.8 Å². The topological polar surface area (TPSA) is 119 Å². The quantitative estimate of drug-likeness (QED) is 0.0329. The normalized spacial score (nSPS) is 13.3. The standard InChI is InChI=1S/C46H80N2O5/c1-3-5-7-9-11-13-15-16-17-18-19-20-21-23-25-27-29-34-40-45(50)53-42(36-31-28-26-24-22-14-12-10-8-6-4-2)37-32-30-33-39-44(49)48-43(46(51)52)38-35-41-47/h6,8,12,14,17-18,24,26,31,36,42-43H,3-5,7,9-11,13,15-16,19-23,25,27-30,32-35,37-41,47H2,1-2H3,(H,48,49)(H,51,52)/b8-6-,14-12-,18-17-,26-24-,36-31-. The molecular weight excluding hydrogens is 661 g/mol. The molecule has 0 fully saturated rings. The number of nitrogens with one attached hydrogen (secondary N) is 1. The maximum atomic E-state index is 12.7. The van der Waals surface area contributed by atoms with Crippen molar-refractivity contribution in [3.8, 4) is 0 Å². The zero-order valence-electron chi connectivity index (χ0n) is 34.1. The van der Waals surface area contributed by atoms with Gasteiger partial charge in [-0.15, -0.1) is 0 Å². The Morgan fingerprint density at radius 3 is 1.66 bits per heavy atom. The van der Waals surface area contributed by atoms with E-state index in [9.17, 15) is 19.5 Å². The molecule has 0 bridgehead atoms. The summed E-state index contributed by atoms with van der Waals surface area (Å²) in [7, 11) is 0. The van der Waals surface area contributed by atoms with Crippen LogP contribution in [0.2, 0.25) is 0 Å². The second-order valence-electron chi connectivity index (χ2n) is 14.4. The second kappa shape index (κ2) is 40.3. The molecule has 53 heavy (non-hydrogen) atoms. The average molecular weight is 741 g/mol. The van der Waals surface area contributed by atoms with E-state index in [1.165, 1.54) is 83.5 Å². The third kappa shape index (κ3) is 37.2. The number of amides is 1. The van der Waals surface area contributed by atoms with Gasteiger partial charge in [-0.1, -0.05) is 146 Å². The summed E-state index contributed by atoms with van der Waals surface area (Å²) in [5, 5.41) is 11.9. The van der Waals surface area contributed by atoms with Gasteiger partial charge in [0, 0.05) is 12.8 Å². The monoisotopic (exact) mass is 741 g/mol. The summed E-state index contributed by atoms with van der Waals surface area (Å²) in [4.78, 5) is 36.4. The van der Waals surface area contributed by atoms with Crippen LogP contribution >= 0.6 is 0 Å². The number of unbranched alkanes of at least 4 members (excludes halogenated alkanes) is 16. The minimum atomic E-state index is -1.03. The third-order valence-corrected chi connectivity index (χ3v) is 9.30. The van der Waals surface area contributed by atoms with Crippen molar-refractivity contribution < 1.29 is 24.2 Å². The molecule has 4 N–H and O–H groups in total. The number of carbonyl (C=O) groups is 3. The summed E-state index contributed by atoms with van der Waals surface area (Å²) in [6.45, 7) is 4.80. The average Bonchev–Trinajstić information content (AvgIpc) is 3.14. The van der Waals surface area contributed by atoms with Crippen LogP contribution in [-0.2, 0) is 19.1 Å². The third-order valence-electron chi connectivity index (χ3n) is 9.30. The fraction of sp³-hybridized carbons (Fsp3) is 0.717. The number of hydrogen-bond acceptors (Lipinski definition) is 5. The molecule has 2 unspecified atom stereocenters. The number of hydrogen-bond donors (Lipinski definition) is 3. The molecule has 0 saturated heterocycles. The molecule has 0 aromatic rings. The molecule has 0 aliphatic rings. The smallest absolute Gasteiger partial charge is 0.326 e. The number of esters is 1. The SMILES string of the molecule is CC/C=C\C/C=C\C/C=C\C/C=C\C(CCCCCC(=O)NC(CCCN)C(=O)O)OC(=O)CCCCCCCCC/C=C\CCCCCCCCC. The van der Waals surface area contributed by atoms with Crippen LogP contribution in [0, 0.1) is 0 Å². The van der Waals surface area contributed by atoms with Crippen molar-refractivity contribution in [1.82, 2.24) is 5.32 Å². The molecule has 304 valence electrons. The van der Waals surface area contributed by atoms with E-state index in [-0.39, 0.29) is 24.4 Å². The van der Waals surface area contributed by atoms with E-state index in [1.54, 1.807) is 0 Å². The highest BCUT2D eigenvalue weighted by atomic mass is 16.5. The summed E-state index contributed by atoms with van der Waals surface area (Å²) in [5.41, 5.74) is 5.49. The number of rotatable bonds is 38. The van der Waals surface area contributed by atoms with Gasteiger partial charge in [-0.2, -0.15) is 0 Å². The van der Waals surface area contributed by atoms with Crippen LogP contribution in [-0.4, -0.2) is 41.6 Å². The van der Waals surface area contributed by atoms with Gasteiger partial charge >= 0.3 is 11.9 Å². The van der Waals surface area contributed by atoms with Gasteiger partial charge in [0.2, 0.25) is 5.91 Å². The summed E-state index contributed by atoms with van der Waals surface area (Å²) in [5.74, 6) is -1.42. The first-order valence-electron chi connectivity index (χ1n) is 21.6.